The first-order valence-corrected chi connectivity index (χ1v) is 7.33. The van der Waals surface area contributed by atoms with Crippen LogP contribution >= 0.6 is 0 Å². The number of alkyl halides is 3. The summed E-state index contributed by atoms with van der Waals surface area (Å²) in [5.74, 6) is 0. The second-order valence-corrected chi connectivity index (χ2v) is 5.70. The highest BCUT2D eigenvalue weighted by Crippen LogP contribution is 2.31. The third kappa shape index (κ3) is 6.00. The Balaban J connectivity index is 3.10. The average Bonchev–Trinajstić information content (AvgIpc) is 2.32. The molecule has 2 N–H and O–H groups in total. The second kappa shape index (κ2) is 6.31. The molecular formula is C11H12F3NO5S. The lowest BCUT2D eigenvalue weighted by Crippen LogP contribution is -2.29. The number of carbonyl (C=O) groups is 1. The standard InChI is InChI=1S/C11H12F3NO5S/c1-21(18,19)20-9(6-15-10(16)17)7-3-2-4-8(5-7)11(12,13)14/h2-5,9,15H,6H2,1H3,(H,16,17)/t9-/m0/s1. The summed E-state index contributed by atoms with van der Waals surface area (Å²) >= 11 is 0. The van der Waals surface area contributed by atoms with Gasteiger partial charge in [-0.1, -0.05) is 12.1 Å². The van der Waals surface area contributed by atoms with Gasteiger partial charge in [0.1, 0.15) is 6.10 Å². The molecule has 21 heavy (non-hydrogen) atoms. The number of carboxylic acid groups (broad SMARTS) is 1. The SMILES string of the molecule is CS(=O)(=O)O[C@@H](CNC(=O)O)c1cccc(C(F)(F)F)c1. The van der Waals surface area contributed by atoms with E-state index in [9.17, 15) is 26.4 Å². The third-order valence-corrected chi connectivity index (χ3v) is 2.90. The molecule has 1 aromatic carbocycles. The van der Waals surface area contributed by atoms with Gasteiger partial charge in [-0.05, 0) is 17.7 Å². The number of benzene rings is 1. The van der Waals surface area contributed by atoms with Crippen LogP contribution in [0.3, 0.4) is 0 Å². The molecule has 1 atom stereocenters. The van der Waals surface area contributed by atoms with Gasteiger partial charge in [0.25, 0.3) is 10.1 Å². The molecule has 0 fully saturated rings. The molecule has 1 aromatic rings. The first-order chi connectivity index (χ1) is 9.49. The van der Waals surface area contributed by atoms with Gasteiger partial charge >= 0.3 is 12.3 Å². The number of hydrogen-bond acceptors (Lipinski definition) is 4. The molecule has 0 aliphatic rings. The molecule has 6 nitrogen and oxygen atoms in total. The lowest BCUT2D eigenvalue weighted by atomic mass is 10.1. The van der Waals surface area contributed by atoms with Crippen molar-refractivity contribution in [3.63, 3.8) is 0 Å². The van der Waals surface area contributed by atoms with E-state index in [2.05, 4.69) is 4.18 Å². The predicted molar refractivity (Wildman–Crippen MR) is 66.1 cm³/mol. The molecule has 0 radical (unpaired) electrons. The summed E-state index contributed by atoms with van der Waals surface area (Å²) in [5.41, 5.74) is -1.10. The number of rotatable bonds is 5. The van der Waals surface area contributed by atoms with E-state index in [1.54, 1.807) is 0 Å². The summed E-state index contributed by atoms with van der Waals surface area (Å²) in [5, 5.41) is 10.4. The normalized spacial score (nSPS) is 13.7. The van der Waals surface area contributed by atoms with Gasteiger partial charge < -0.3 is 10.4 Å². The Hall–Kier alpha value is -1.81. The maximum absolute atomic E-state index is 12.6. The quantitative estimate of drug-likeness (QED) is 0.807. The maximum Gasteiger partial charge on any atom is 0.416 e. The van der Waals surface area contributed by atoms with Crippen molar-refractivity contribution >= 4 is 16.2 Å². The van der Waals surface area contributed by atoms with Gasteiger partial charge in [0, 0.05) is 0 Å². The zero-order chi connectivity index (χ0) is 16.3. The highest BCUT2D eigenvalue weighted by Gasteiger charge is 2.31. The number of nitrogens with one attached hydrogen (secondary N) is 1. The number of halogens is 3. The minimum absolute atomic E-state index is 0.107. The minimum atomic E-state index is -4.61. The van der Waals surface area contributed by atoms with Gasteiger partial charge in [0.15, 0.2) is 0 Å². The highest BCUT2D eigenvalue weighted by atomic mass is 32.2. The summed E-state index contributed by atoms with van der Waals surface area (Å²) in [4.78, 5) is 10.4. The molecule has 0 aliphatic heterocycles. The van der Waals surface area contributed by atoms with Crippen LogP contribution in [0.5, 0.6) is 0 Å². The summed E-state index contributed by atoms with van der Waals surface area (Å²) in [6.07, 6.45) is -6.73. The van der Waals surface area contributed by atoms with Gasteiger partial charge in [0.05, 0.1) is 18.4 Å². The van der Waals surface area contributed by atoms with E-state index in [0.29, 0.717) is 12.3 Å². The van der Waals surface area contributed by atoms with Gasteiger partial charge in [-0.15, -0.1) is 0 Å². The molecule has 1 amide bonds. The van der Waals surface area contributed by atoms with E-state index in [1.165, 1.54) is 6.07 Å². The molecule has 0 heterocycles. The van der Waals surface area contributed by atoms with Gasteiger partial charge in [-0.2, -0.15) is 21.6 Å². The fourth-order valence-corrected chi connectivity index (χ4v) is 2.11. The van der Waals surface area contributed by atoms with Gasteiger partial charge in [0.2, 0.25) is 0 Å². The molecule has 118 valence electrons. The van der Waals surface area contributed by atoms with E-state index < -0.39 is 40.6 Å². The van der Waals surface area contributed by atoms with Crippen molar-refractivity contribution < 1.29 is 35.7 Å². The number of amides is 1. The van der Waals surface area contributed by atoms with Crippen molar-refractivity contribution in [1.29, 1.82) is 0 Å². The Morgan fingerprint density at radius 1 is 1.43 bits per heavy atom. The monoisotopic (exact) mass is 327 g/mol. The topological polar surface area (TPSA) is 92.7 Å². The van der Waals surface area contributed by atoms with Crippen molar-refractivity contribution in [2.75, 3.05) is 12.8 Å². The van der Waals surface area contributed by atoms with Gasteiger partial charge in [-0.25, -0.2) is 4.79 Å². The first kappa shape index (κ1) is 17.2. The molecule has 0 saturated carbocycles. The smallest absolute Gasteiger partial charge is 0.416 e. The van der Waals surface area contributed by atoms with E-state index in [0.717, 1.165) is 12.1 Å². The zero-order valence-electron chi connectivity index (χ0n) is 10.7. The van der Waals surface area contributed by atoms with Crippen molar-refractivity contribution in [2.24, 2.45) is 0 Å². The Labute approximate surface area is 118 Å². The van der Waals surface area contributed by atoms with Crippen LogP contribution < -0.4 is 5.32 Å². The Kier molecular flexibility index (Phi) is 5.18. The summed E-state index contributed by atoms with van der Waals surface area (Å²) in [7, 11) is -3.98. The molecule has 1 rings (SSSR count). The zero-order valence-corrected chi connectivity index (χ0v) is 11.5. The van der Waals surface area contributed by atoms with Crippen LogP contribution in [0.1, 0.15) is 17.2 Å². The van der Waals surface area contributed by atoms with Crippen LogP contribution in [0.2, 0.25) is 0 Å². The van der Waals surface area contributed by atoms with Gasteiger partial charge in [-0.3, -0.25) is 4.18 Å². The van der Waals surface area contributed by atoms with E-state index in [-0.39, 0.29) is 5.56 Å². The molecule has 0 unspecified atom stereocenters. The Bertz CT molecular complexity index is 615. The Morgan fingerprint density at radius 2 is 2.05 bits per heavy atom. The molecular weight excluding hydrogens is 315 g/mol. The van der Waals surface area contributed by atoms with Crippen molar-refractivity contribution in [3.05, 3.63) is 35.4 Å². The molecule has 10 heteroatoms. The maximum atomic E-state index is 12.6. The lowest BCUT2D eigenvalue weighted by molar-refractivity contribution is -0.137. The summed E-state index contributed by atoms with van der Waals surface area (Å²) in [6, 6.07) is 3.82. The Morgan fingerprint density at radius 3 is 2.52 bits per heavy atom. The van der Waals surface area contributed by atoms with Crippen molar-refractivity contribution in [1.82, 2.24) is 5.32 Å². The molecule has 0 saturated heterocycles. The number of hydrogen-bond donors (Lipinski definition) is 2. The largest absolute Gasteiger partial charge is 0.465 e. The summed E-state index contributed by atoms with van der Waals surface area (Å²) < 4.78 is 64.7. The van der Waals surface area contributed by atoms with Crippen molar-refractivity contribution in [3.8, 4) is 0 Å². The highest BCUT2D eigenvalue weighted by molar-refractivity contribution is 7.86. The third-order valence-electron chi connectivity index (χ3n) is 2.32. The minimum Gasteiger partial charge on any atom is -0.465 e. The van der Waals surface area contributed by atoms with Crippen LogP contribution in [0, 0.1) is 0 Å². The average molecular weight is 327 g/mol. The molecule has 0 aliphatic carbocycles. The second-order valence-electron chi connectivity index (χ2n) is 4.10. The van der Waals surface area contributed by atoms with E-state index in [4.69, 9.17) is 5.11 Å². The first-order valence-electron chi connectivity index (χ1n) is 5.51. The van der Waals surface area contributed by atoms with E-state index in [1.807, 2.05) is 5.32 Å². The predicted octanol–water partition coefficient (Wildman–Crippen LogP) is 1.99. The van der Waals surface area contributed by atoms with Crippen LogP contribution in [0.15, 0.2) is 24.3 Å². The molecule has 0 spiro atoms. The van der Waals surface area contributed by atoms with Crippen LogP contribution in [-0.2, 0) is 20.5 Å². The fraction of sp³-hybridized carbons (Fsp3) is 0.364. The lowest BCUT2D eigenvalue weighted by Gasteiger charge is -2.18. The van der Waals surface area contributed by atoms with Crippen LogP contribution in [0.4, 0.5) is 18.0 Å². The fourth-order valence-electron chi connectivity index (χ4n) is 1.51. The van der Waals surface area contributed by atoms with Crippen LogP contribution in [0.25, 0.3) is 0 Å². The molecule has 0 aromatic heterocycles. The summed E-state index contributed by atoms with van der Waals surface area (Å²) in [6.45, 7) is -0.510. The van der Waals surface area contributed by atoms with Crippen molar-refractivity contribution in [2.45, 2.75) is 12.3 Å². The van der Waals surface area contributed by atoms with E-state index >= 15 is 0 Å². The van der Waals surface area contributed by atoms with Crippen LogP contribution in [-0.4, -0.2) is 32.4 Å². The molecule has 0 bridgehead atoms.